The van der Waals surface area contributed by atoms with Gasteiger partial charge in [-0.25, -0.2) is 8.78 Å². The third-order valence-corrected chi connectivity index (χ3v) is 14.1. The van der Waals surface area contributed by atoms with Crippen LogP contribution < -0.4 is 31.1 Å². The van der Waals surface area contributed by atoms with Crippen LogP contribution in [0, 0.1) is 11.6 Å². The van der Waals surface area contributed by atoms with Gasteiger partial charge in [0.05, 0.1) is 11.1 Å². The van der Waals surface area contributed by atoms with Gasteiger partial charge in [0, 0.05) is 132 Å². The van der Waals surface area contributed by atoms with Crippen molar-refractivity contribution in [1.29, 1.82) is 0 Å². The summed E-state index contributed by atoms with van der Waals surface area (Å²) in [6.07, 6.45) is 6.41. The monoisotopic (exact) mass is 988 g/mol. The van der Waals surface area contributed by atoms with Crippen molar-refractivity contribution in [2.45, 2.75) is 76.3 Å². The van der Waals surface area contributed by atoms with Crippen LogP contribution in [0.4, 0.5) is 37.3 Å². The first kappa shape index (κ1) is 51.3. The molecule has 1 aromatic heterocycles. The van der Waals surface area contributed by atoms with Crippen LogP contribution in [0.15, 0.2) is 78.9 Å². The summed E-state index contributed by atoms with van der Waals surface area (Å²) in [4.78, 5) is 74.5. The Balaban J connectivity index is 0.785. The predicted molar refractivity (Wildman–Crippen MR) is 278 cm³/mol. The van der Waals surface area contributed by atoms with E-state index in [1.54, 1.807) is 7.05 Å². The summed E-state index contributed by atoms with van der Waals surface area (Å²) in [5.74, 6) is -1.16. The SMILES string of the molecule is CNC(=O)C(CCC=O)Nc1ccc(N2CCN(C(=O)CCCCCC(=O)N3CCC(Nc4cc(N5CCN(C)CC5)ccc4C(=O)Nc4n[nH]c5ccc(Cc6cc(F)cc(F)c6)cc45)CC3)CC2)cc1. The molecule has 3 aliphatic heterocycles. The van der Waals surface area contributed by atoms with Crippen LogP contribution in [-0.2, 0) is 25.6 Å². The van der Waals surface area contributed by atoms with Crippen LogP contribution >= 0.6 is 0 Å². The highest BCUT2D eigenvalue weighted by molar-refractivity contribution is 6.11. The van der Waals surface area contributed by atoms with Gasteiger partial charge in [-0.1, -0.05) is 12.5 Å². The number of nitrogens with zero attached hydrogens (tertiary/aromatic N) is 6. The maximum atomic E-state index is 14.1. The molecule has 0 radical (unpaired) electrons. The quantitative estimate of drug-likeness (QED) is 0.0417. The highest BCUT2D eigenvalue weighted by Crippen LogP contribution is 2.30. The second kappa shape index (κ2) is 24.4. The zero-order chi connectivity index (χ0) is 50.6. The fourth-order valence-electron chi connectivity index (χ4n) is 9.90. The summed E-state index contributed by atoms with van der Waals surface area (Å²) >= 11 is 0. The molecule has 5 aromatic rings. The Kier molecular flexibility index (Phi) is 17.4. The van der Waals surface area contributed by atoms with Gasteiger partial charge in [-0.2, -0.15) is 5.10 Å². The van der Waals surface area contributed by atoms with Crippen LogP contribution in [0.1, 0.15) is 79.3 Å². The molecule has 5 N–H and O–H groups in total. The van der Waals surface area contributed by atoms with E-state index in [0.29, 0.717) is 91.8 Å². The number of hydrogen-bond donors (Lipinski definition) is 5. The number of unbranched alkanes of at least 4 members (excludes halogenated alkanes) is 2. The number of carbonyl (C=O) groups excluding carboxylic acids is 5. The van der Waals surface area contributed by atoms with Crippen LogP contribution in [0.3, 0.4) is 0 Å². The Hall–Kier alpha value is -7.08. The molecule has 8 rings (SSSR count). The van der Waals surface area contributed by atoms with E-state index < -0.39 is 17.7 Å². The number of piperazine rings is 2. The second-order valence-corrected chi connectivity index (χ2v) is 19.2. The van der Waals surface area contributed by atoms with Gasteiger partial charge in [0.15, 0.2) is 5.82 Å². The number of piperidine rings is 1. The second-order valence-electron chi connectivity index (χ2n) is 19.2. The van der Waals surface area contributed by atoms with Gasteiger partial charge in [0.25, 0.3) is 5.91 Å². The fraction of sp³-hybridized carbons (Fsp3) is 0.444. The van der Waals surface area contributed by atoms with Gasteiger partial charge in [0.2, 0.25) is 17.7 Å². The first-order valence-corrected chi connectivity index (χ1v) is 25.3. The van der Waals surface area contributed by atoms with Crippen LogP contribution in [-0.4, -0.2) is 146 Å². The molecule has 4 amide bonds. The number of amides is 4. The van der Waals surface area contributed by atoms with Gasteiger partial charge in [0.1, 0.15) is 24.0 Å². The Bertz CT molecular complexity index is 2660. The van der Waals surface area contributed by atoms with Gasteiger partial charge in [-0.05, 0) is 123 Å². The molecule has 16 nitrogen and oxygen atoms in total. The number of fused-ring (bicyclic) bond motifs is 1. The van der Waals surface area contributed by atoms with Crippen LogP contribution in [0.25, 0.3) is 10.9 Å². The number of nitrogens with one attached hydrogen (secondary N) is 5. The summed E-state index contributed by atoms with van der Waals surface area (Å²) in [5.41, 5.74) is 6.06. The average Bonchev–Trinajstić information content (AvgIpc) is 3.78. The number of aromatic nitrogens is 2. The maximum absolute atomic E-state index is 14.1. The van der Waals surface area contributed by atoms with E-state index in [9.17, 15) is 32.8 Å². The van der Waals surface area contributed by atoms with Crippen LogP contribution in [0.5, 0.6) is 0 Å². The first-order chi connectivity index (χ1) is 34.9. The number of anilines is 5. The summed E-state index contributed by atoms with van der Waals surface area (Å²) in [6, 6.07) is 22.3. The molecule has 1 atom stereocenters. The number of likely N-dealkylation sites (N-methyl/N-ethyl adjacent to an activating group) is 2. The Labute approximate surface area is 419 Å². The lowest BCUT2D eigenvalue weighted by Crippen LogP contribution is -2.48. The molecule has 4 aromatic carbocycles. The Morgan fingerprint density at radius 3 is 2.04 bits per heavy atom. The van der Waals surface area contributed by atoms with Crippen molar-refractivity contribution in [2.75, 3.05) is 105 Å². The minimum Gasteiger partial charge on any atom is -0.381 e. The normalized spacial score (nSPS) is 16.1. The summed E-state index contributed by atoms with van der Waals surface area (Å²) in [7, 11) is 3.69. The number of H-pyrrole nitrogens is 1. The minimum atomic E-state index is -0.637. The summed E-state index contributed by atoms with van der Waals surface area (Å²) in [5, 5.41) is 20.6. The van der Waals surface area contributed by atoms with E-state index in [1.807, 2.05) is 64.4 Å². The minimum absolute atomic E-state index is 0.0375. The molecule has 0 aliphatic carbocycles. The van der Waals surface area contributed by atoms with E-state index in [4.69, 9.17) is 0 Å². The largest absolute Gasteiger partial charge is 0.381 e. The highest BCUT2D eigenvalue weighted by Gasteiger charge is 2.27. The van der Waals surface area contributed by atoms with E-state index in [-0.39, 0.29) is 29.7 Å². The number of rotatable bonds is 20. The number of aldehydes is 1. The molecule has 3 fully saturated rings. The van der Waals surface area contributed by atoms with Gasteiger partial charge < -0.3 is 50.6 Å². The standard InChI is InChI=1S/C54H67F2N11O5/c1-57-54(72)48(7-6-30-68)58-41-11-13-43(14-12-41)64-26-28-67(29-27-64)51(70)9-5-3-4-8-50(69)66-20-18-42(19-21-66)59-49-36-44(65-24-22-63(2)23-25-65)15-16-45(49)53(71)60-52-46-34-37(10-17-47(46)61-62-52)31-38-32-39(55)35-40(56)33-38/h10-17,30,32-36,42,48,58-59H,3-9,18-29,31H2,1-2H3,(H,57,72)(H2,60,61,62,71). The predicted octanol–water partition coefficient (Wildman–Crippen LogP) is 6.64. The van der Waals surface area contributed by atoms with Crippen molar-refractivity contribution in [2.24, 2.45) is 0 Å². The number of benzene rings is 4. The third-order valence-electron chi connectivity index (χ3n) is 14.1. The molecule has 1 unspecified atom stereocenters. The fourth-order valence-corrected chi connectivity index (χ4v) is 9.90. The van der Waals surface area contributed by atoms with Gasteiger partial charge in [-0.3, -0.25) is 24.3 Å². The van der Waals surface area contributed by atoms with Crippen molar-refractivity contribution in [3.8, 4) is 0 Å². The lowest BCUT2D eigenvalue weighted by atomic mass is 10.0. The van der Waals surface area contributed by atoms with E-state index in [0.717, 1.165) is 106 Å². The number of halogens is 2. The molecular formula is C54H67F2N11O5. The van der Waals surface area contributed by atoms with E-state index >= 15 is 0 Å². The van der Waals surface area contributed by atoms with Crippen molar-refractivity contribution < 1.29 is 32.8 Å². The lowest BCUT2D eigenvalue weighted by molar-refractivity contribution is -0.132. The molecular weight excluding hydrogens is 921 g/mol. The van der Waals surface area contributed by atoms with Crippen molar-refractivity contribution in [3.05, 3.63) is 107 Å². The zero-order valence-electron chi connectivity index (χ0n) is 41.4. The number of hydrogen-bond acceptors (Lipinski definition) is 11. The number of likely N-dealkylation sites (tertiary alicyclic amines) is 1. The van der Waals surface area contributed by atoms with Crippen molar-refractivity contribution >= 4 is 69.4 Å². The summed E-state index contributed by atoms with van der Waals surface area (Å²) in [6.45, 7) is 7.53. The molecule has 0 bridgehead atoms. The van der Waals surface area contributed by atoms with Crippen LogP contribution in [0.2, 0.25) is 0 Å². The Morgan fingerprint density at radius 1 is 0.736 bits per heavy atom. The Morgan fingerprint density at radius 2 is 1.38 bits per heavy atom. The molecule has 0 spiro atoms. The topological polar surface area (TPSA) is 178 Å². The molecule has 0 saturated carbocycles. The maximum Gasteiger partial charge on any atom is 0.258 e. The first-order valence-electron chi connectivity index (χ1n) is 25.3. The molecule has 382 valence electrons. The number of carbonyl (C=O) groups is 5. The summed E-state index contributed by atoms with van der Waals surface area (Å²) < 4.78 is 27.9. The third kappa shape index (κ3) is 13.5. The lowest BCUT2D eigenvalue weighted by Gasteiger charge is -2.36. The molecule has 3 aliphatic rings. The van der Waals surface area contributed by atoms with Gasteiger partial charge in [-0.15, -0.1) is 0 Å². The van der Waals surface area contributed by atoms with Gasteiger partial charge >= 0.3 is 0 Å². The smallest absolute Gasteiger partial charge is 0.258 e. The van der Waals surface area contributed by atoms with Crippen molar-refractivity contribution in [3.63, 3.8) is 0 Å². The molecule has 4 heterocycles. The molecule has 3 saturated heterocycles. The van der Waals surface area contributed by atoms with E-state index in [2.05, 4.69) is 59.3 Å². The molecule has 72 heavy (non-hydrogen) atoms. The zero-order valence-corrected chi connectivity index (χ0v) is 41.4. The van der Waals surface area contributed by atoms with E-state index in [1.165, 1.54) is 12.1 Å². The average molecular weight is 988 g/mol. The number of aromatic amines is 1. The van der Waals surface area contributed by atoms with Crippen molar-refractivity contribution in [1.82, 2.24) is 30.2 Å². The highest BCUT2D eigenvalue weighted by atomic mass is 19.1. The molecule has 18 heteroatoms.